The minimum Gasteiger partial charge on any atom is -0.489 e. The quantitative estimate of drug-likeness (QED) is 0.549. The van der Waals surface area contributed by atoms with Crippen LogP contribution in [-0.2, 0) is 4.84 Å². The van der Waals surface area contributed by atoms with Crippen LogP contribution < -0.4 is 19.9 Å². The molecule has 9 nitrogen and oxygen atoms in total. The van der Waals surface area contributed by atoms with Crippen LogP contribution in [0.4, 0.5) is 5.82 Å². The number of aryl methyl sites for hydroxylation is 1. The number of aromatic nitrogens is 3. The first-order valence-electron chi connectivity index (χ1n) is 8.83. The Morgan fingerprint density at radius 3 is 2.59 bits per heavy atom. The van der Waals surface area contributed by atoms with E-state index in [0.717, 1.165) is 43.1 Å². The highest BCUT2D eigenvalue weighted by atomic mass is 16.7. The topological polar surface area (TPSA) is 102 Å². The number of hydrogen-bond acceptors (Lipinski definition) is 9. The molecule has 146 valence electrons. The van der Waals surface area contributed by atoms with E-state index in [-0.39, 0.29) is 6.10 Å². The third-order valence-electron chi connectivity index (χ3n) is 4.45. The maximum atomic E-state index is 9.87. The molecule has 2 N–H and O–H groups in total. The van der Waals surface area contributed by atoms with Gasteiger partial charge in [-0.15, -0.1) is 10.2 Å². The van der Waals surface area contributed by atoms with Gasteiger partial charge >= 0.3 is 0 Å². The molecule has 3 heterocycles. The number of aliphatic hydroxyl groups excluding tert-OH is 1. The molecule has 2 aromatic heterocycles. The summed E-state index contributed by atoms with van der Waals surface area (Å²) in [6.07, 6.45) is 2.56. The highest BCUT2D eigenvalue weighted by molar-refractivity contribution is 5.46. The van der Waals surface area contributed by atoms with Crippen LogP contribution >= 0.6 is 0 Å². The van der Waals surface area contributed by atoms with E-state index in [4.69, 9.17) is 14.3 Å². The smallest absolute Gasteiger partial charge is 0.213 e. The van der Waals surface area contributed by atoms with Gasteiger partial charge in [0.05, 0.1) is 20.4 Å². The molecule has 1 saturated heterocycles. The predicted octanol–water partition coefficient (Wildman–Crippen LogP) is 1.38. The maximum Gasteiger partial charge on any atom is 0.213 e. The Balaban J connectivity index is 1.56. The van der Waals surface area contributed by atoms with Crippen LogP contribution in [0.2, 0.25) is 0 Å². The van der Waals surface area contributed by atoms with Crippen molar-refractivity contribution in [1.82, 2.24) is 20.7 Å². The molecule has 1 aliphatic rings. The number of rotatable bonds is 7. The van der Waals surface area contributed by atoms with Crippen molar-refractivity contribution in [2.24, 2.45) is 0 Å². The third kappa shape index (κ3) is 4.82. The van der Waals surface area contributed by atoms with Crippen molar-refractivity contribution in [1.29, 1.82) is 0 Å². The van der Waals surface area contributed by atoms with E-state index in [0.29, 0.717) is 11.6 Å². The van der Waals surface area contributed by atoms with Crippen LogP contribution in [0.25, 0.3) is 0 Å². The molecule has 0 bridgehead atoms. The number of nitrogens with one attached hydrogen (secondary N) is 1. The lowest BCUT2D eigenvalue weighted by molar-refractivity contribution is -0.0345. The lowest BCUT2D eigenvalue weighted by Gasteiger charge is -2.33. The summed E-state index contributed by atoms with van der Waals surface area (Å²) in [6, 6.07) is 5.47. The molecule has 2 aromatic rings. The largest absolute Gasteiger partial charge is 0.489 e. The average molecular weight is 375 g/mol. The van der Waals surface area contributed by atoms with Gasteiger partial charge in [0.15, 0.2) is 12.0 Å². The number of hydrogen-bond donors (Lipinski definition) is 2. The molecule has 0 aromatic carbocycles. The van der Waals surface area contributed by atoms with Crippen molar-refractivity contribution < 1.29 is 19.4 Å². The second-order valence-electron chi connectivity index (χ2n) is 6.34. The summed E-state index contributed by atoms with van der Waals surface area (Å²) in [5.74, 6) is 2.14. The van der Waals surface area contributed by atoms with Gasteiger partial charge in [-0.1, -0.05) is 0 Å². The number of methoxy groups -OCH3 is 1. The molecule has 0 spiro atoms. The highest BCUT2D eigenvalue weighted by Crippen LogP contribution is 2.25. The van der Waals surface area contributed by atoms with E-state index in [2.05, 4.69) is 25.6 Å². The van der Waals surface area contributed by atoms with Gasteiger partial charge in [0.2, 0.25) is 5.88 Å². The SMILES string of the molecule is CONC(O)c1cc(C)c(N2CCC(Oc3ccc(OC)nc3)CC2)nn1. The summed E-state index contributed by atoms with van der Waals surface area (Å²) in [5, 5.41) is 18.3. The standard InChI is InChI=1S/C18H25N5O4/c1-12-10-15(18(24)22-26-3)20-21-17(12)23-8-6-13(7-9-23)27-14-4-5-16(25-2)19-11-14/h4-5,10-11,13,18,22,24H,6-9H2,1-3H3. The van der Waals surface area contributed by atoms with E-state index in [1.54, 1.807) is 19.4 Å². The van der Waals surface area contributed by atoms with Crippen LogP contribution in [0.1, 0.15) is 30.3 Å². The van der Waals surface area contributed by atoms with E-state index in [1.165, 1.54) is 7.11 Å². The fourth-order valence-corrected chi connectivity index (χ4v) is 3.05. The zero-order valence-corrected chi connectivity index (χ0v) is 15.8. The monoisotopic (exact) mass is 375 g/mol. The average Bonchev–Trinajstić information content (AvgIpc) is 2.69. The second kappa shape index (κ2) is 8.94. The van der Waals surface area contributed by atoms with Crippen molar-refractivity contribution >= 4 is 5.82 Å². The fraction of sp³-hybridized carbons (Fsp3) is 0.500. The Morgan fingerprint density at radius 1 is 1.22 bits per heavy atom. The van der Waals surface area contributed by atoms with Crippen LogP contribution in [0.5, 0.6) is 11.6 Å². The number of anilines is 1. The number of ether oxygens (including phenoxy) is 2. The van der Waals surface area contributed by atoms with Crippen molar-refractivity contribution in [2.45, 2.75) is 32.1 Å². The molecule has 9 heteroatoms. The van der Waals surface area contributed by atoms with Crippen molar-refractivity contribution in [3.05, 3.63) is 35.7 Å². The summed E-state index contributed by atoms with van der Waals surface area (Å²) < 4.78 is 11.1. The van der Waals surface area contributed by atoms with E-state index < -0.39 is 6.23 Å². The minimum atomic E-state index is -1.01. The van der Waals surface area contributed by atoms with Gasteiger partial charge in [-0.3, -0.25) is 0 Å². The Kier molecular flexibility index (Phi) is 6.38. The molecule has 1 atom stereocenters. The summed E-state index contributed by atoms with van der Waals surface area (Å²) in [6.45, 7) is 3.60. The predicted molar refractivity (Wildman–Crippen MR) is 98.5 cm³/mol. The highest BCUT2D eigenvalue weighted by Gasteiger charge is 2.23. The van der Waals surface area contributed by atoms with Crippen LogP contribution in [-0.4, -0.2) is 53.7 Å². The van der Waals surface area contributed by atoms with E-state index in [1.807, 2.05) is 19.1 Å². The lowest BCUT2D eigenvalue weighted by Crippen LogP contribution is -2.39. The van der Waals surface area contributed by atoms with Crippen LogP contribution in [0, 0.1) is 6.92 Å². The molecule has 0 aliphatic carbocycles. The summed E-state index contributed by atoms with van der Waals surface area (Å²) in [5.41, 5.74) is 3.81. The Hall–Kier alpha value is -2.49. The van der Waals surface area contributed by atoms with Crippen molar-refractivity contribution in [3.63, 3.8) is 0 Å². The summed E-state index contributed by atoms with van der Waals surface area (Å²) >= 11 is 0. The summed E-state index contributed by atoms with van der Waals surface area (Å²) in [7, 11) is 3.02. The minimum absolute atomic E-state index is 0.136. The Bertz CT molecular complexity index is 735. The number of aliphatic hydroxyl groups is 1. The first-order valence-corrected chi connectivity index (χ1v) is 8.83. The maximum absolute atomic E-state index is 9.87. The van der Waals surface area contributed by atoms with E-state index >= 15 is 0 Å². The first-order chi connectivity index (χ1) is 13.1. The lowest BCUT2D eigenvalue weighted by atomic mass is 10.1. The van der Waals surface area contributed by atoms with Crippen LogP contribution in [0.15, 0.2) is 24.4 Å². The molecule has 1 fully saturated rings. The van der Waals surface area contributed by atoms with Gasteiger partial charge in [-0.2, -0.15) is 5.48 Å². The second-order valence-corrected chi connectivity index (χ2v) is 6.34. The number of pyridine rings is 1. The molecule has 1 aliphatic heterocycles. The molecule has 0 amide bonds. The molecule has 3 rings (SSSR count). The molecule has 1 unspecified atom stereocenters. The normalized spacial score (nSPS) is 16.2. The molecular weight excluding hydrogens is 350 g/mol. The number of piperidine rings is 1. The van der Waals surface area contributed by atoms with Gasteiger partial charge < -0.3 is 24.3 Å². The zero-order chi connectivity index (χ0) is 19.2. The fourth-order valence-electron chi connectivity index (χ4n) is 3.05. The van der Waals surface area contributed by atoms with Gasteiger partial charge in [-0.05, 0) is 24.6 Å². The zero-order valence-electron chi connectivity index (χ0n) is 15.8. The van der Waals surface area contributed by atoms with Gasteiger partial charge in [0.25, 0.3) is 0 Å². The van der Waals surface area contributed by atoms with Crippen LogP contribution in [0.3, 0.4) is 0 Å². The molecular formula is C18H25N5O4. The van der Waals surface area contributed by atoms with Gasteiger partial charge in [-0.25, -0.2) is 4.98 Å². The van der Waals surface area contributed by atoms with Crippen molar-refractivity contribution in [3.8, 4) is 11.6 Å². The first kappa shape index (κ1) is 19.3. The molecule has 27 heavy (non-hydrogen) atoms. The number of hydroxylamine groups is 1. The van der Waals surface area contributed by atoms with Crippen molar-refractivity contribution in [2.75, 3.05) is 32.2 Å². The summed E-state index contributed by atoms with van der Waals surface area (Å²) in [4.78, 5) is 11.1. The van der Waals surface area contributed by atoms with Gasteiger partial charge in [0, 0.05) is 32.0 Å². The van der Waals surface area contributed by atoms with E-state index in [9.17, 15) is 5.11 Å². The molecule has 0 radical (unpaired) electrons. The number of nitrogens with zero attached hydrogens (tertiary/aromatic N) is 4. The Morgan fingerprint density at radius 2 is 2.00 bits per heavy atom. The Labute approximate surface area is 158 Å². The third-order valence-corrected chi connectivity index (χ3v) is 4.45. The molecule has 0 saturated carbocycles. The van der Waals surface area contributed by atoms with Gasteiger partial charge in [0.1, 0.15) is 17.5 Å².